The second kappa shape index (κ2) is 7.31. The highest BCUT2D eigenvalue weighted by Crippen LogP contribution is 2.24. The molecule has 140 valence electrons. The van der Waals surface area contributed by atoms with E-state index in [2.05, 4.69) is 47.7 Å². The van der Waals surface area contributed by atoms with Crippen molar-refractivity contribution in [3.05, 3.63) is 89.2 Å². The number of aryl methyl sites for hydroxylation is 2. The van der Waals surface area contributed by atoms with Gasteiger partial charge in [0.25, 0.3) is 0 Å². The van der Waals surface area contributed by atoms with Crippen LogP contribution in [0.5, 0.6) is 0 Å². The Hall–Kier alpha value is -3.40. The third kappa shape index (κ3) is 3.41. The minimum Gasteiger partial charge on any atom is -0.323 e. The lowest BCUT2D eigenvalue weighted by atomic mass is 10.0. The van der Waals surface area contributed by atoms with Gasteiger partial charge in [0.1, 0.15) is 0 Å². The Kier molecular flexibility index (Phi) is 4.70. The molecular weight excluding hydrogens is 346 g/mol. The molecule has 0 radical (unpaired) electrons. The van der Waals surface area contributed by atoms with E-state index in [-0.39, 0.29) is 5.91 Å². The van der Waals surface area contributed by atoms with E-state index in [1.165, 1.54) is 5.56 Å². The summed E-state index contributed by atoms with van der Waals surface area (Å²) in [6.45, 7) is 5.96. The maximum absolute atomic E-state index is 12.8. The zero-order chi connectivity index (χ0) is 19.7. The molecule has 0 aliphatic heterocycles. The van der Waals surface area contributed by atoms with E-state index < -0.39 is 0 Å². The lowest BCUT2D eigenvalue weighted by Crippen LogP contribution is -2.15. The molecule has 3 aromatic carbocycles. The Labute approximate surface area is 164 Å². The molecule has 0 saturated carbocycles. The van der Waals surface area contributed by atoms with Gasteiger partial charge >= 0.3 is 0 Å². The van der Waals surface area contributed by atoms with Gasteiger partial charge in [-0.15, -0.1) is 0 Å². The number of aromatic nitrogens is 2. The van der Waals surface area contributed by atoms with E-state index in [9.17, 15) is 4.79 Å². The number of carbonyl (C=O) groups is 1. The monoisotopic (exact) mass is 369 g/mol. The number of nitrogens with zero attached hydrogens (tertiary/aromatic N) is 2. The molecule has 1 N–H and O–H groups in total. The van der Waals surface area contributed by atoms with Crippen molar-refractivity contribution in [1.29, 1.82) is 0 Å². The van der Waals surface area contributed by atoms with E-state index in [0.29, 0.717) is 6.42 Å². The molecule has 0 atom stereocenters. The van der Waals surface area contributed by atoms with Crippen LogP contribution in [-0.2, 0) is 11.2 Å². The lowest BCUT2D eigenvalue weighted by molar-refractivity contribution is -0.115. The molecule has 0 aliphatic rings. The van der Waals surface area contributed by atoms with Gasteiger partial charge in [-0.05, 0) is 49.2 Å². The molecule has 0 unspecified atom stereocenters. The summed E-state index contributed by atoms with van der Waals surface area (Å²) < 4.78 is 1.88. The Morgan fingerprint density at radius 3 is 2.43 bits per heavy atom. The van der Waals surface area contributed by atoms with E-state index in [1.54, 1.807) is 0 Å². The molecule has 0 spiro atoms. The molecule has 4 nitrogen and oxygen atoms in total. The molecule has 4 aromatic rings. The molecule has 0 fully saturated rings. The first-order chi connectivity index (χ1) is 13.5. The quantitative estimate of drug-likeness (QED) is 0.542. The van der Waals surface area contributed by atoms with E-state index in [1.807, 2.05) is 54.9 Å². The number of hydrogen-bond acceptors (Lipinski definition) is 2. The molecule has 4 rings (SSSR count). The van der Waals surface area contributed by atoms with Crippen LogP contribution >= 0.6 is 0 Å². The first kappa shape index (κ1) is 18.0. The summed E-state index contributed by atoms with van der Waals surface area (Å²) in [4.78, 5) is 12.8. The molecule has 0 aliphatic carbocycles. The van der Waals surface area contributed by atoms with Gasteiger partial charge in [0.15, 0.2) is 0 Å². The predicted octanol–water partition coefficient (Wildman–Crippen LogP) is 5.13. The number of carbonyl (C=O) groups excluding carboxylic acids is 1. The highest BCUT2D eigenvalue weighted by molar-refractivity contribution is 5.96. The fourth-order valence-electron chi connectivity index (χ4n) is 3.56. The van der Waals surface area contributed by atoms with Gasteiger partial charge < -0.3 is 5.32 Å². The zero-order valence-electron chi connectivity index (χ0n) is 16.4. The van der Waals surface area contributed by atoms with Crippen LogP contribution in [0.1, 0.15) is 22.5 Å². The first-order valence-electron chi connectivity index (χ1n) is 9.42. The number of amides is 1. The summed E-state index contributed by atoms with van der Waals surface area (Å²) in [7, 11) is 0. The van der Waals surface area contributed by atoms with Crippen LogP contribution in [0.15, 0.2) is 66.7 Å². The number of rotatable bonds is 4. The first-order valence-corrected chi connectivity index (χ1v) is 9.42. The van der Waals surface area contributed by atoms with Crippen molar-refractivity contribution in [3.63, 3.8) is 0 Å². The van der Waals surface area contributed by atoms with Crippen LogP contribution < -0.4 is 5.32 Å². The number of nitrogens with one attached hydrogen (secondary N) is 1. The topological polar surface area (TPSA) is 46.9 Å². The van der Waals surface area contributed by atoms with Crippen LogP contribution in [0, 0.1) is 20.8 Å². The molecule has 28 heavy (non-hydrogen) atoms. The van der Waals surface area contributed by atoms with Crippen molar-refractivity contribution in [2.45, 2.75) is 27.2 Å². The summed E-state index contributed by atoms with van der Waals surface area (Å²) in [6, 6.07) is 22.4. The molecule has 1 amide bonds. The van der Waals surface area contributed by atoms with Crippen molar-refractivity contribution < 1.29 is 4.79 Å². The fourth-order valence-corrected chi connectivity index (χ4v) is 3.56. The predicted molar refractivity (Wildman–Crippen MR) is 114 cm³/mol. The standard InChI is InChI=1S/C24H23N3O/c1-16-11-13-21(14-12-16)27-18(3)24(17(2)26-27)25-23(28)15-20-9-6-8-19-7-4-5-10-22(19)20/h4-14H,15H2,1-3H3,(H,25,28). The molecule has 4 heteroatoms. The number of hydrogen-bond donors (Lipinski definition) is 1. The summed E-state index contributed by atoms with van der Waals surface area (Å²) in [5, 5.41) is 9.95. The zero-order valence-corrected chi connectivity index (χ0v) is 16.4. The Bertz CT molecular complexity index is 1150. The van der Waals surface area contributed by atoms with Crippen LogP contribution in [-0.4, -0.2) is 15.7 Å². The number of anilines is 1. The smallest absolute Gasteiger partial charge is 0.228 e. The summed E-state index contributed by atoms with van der Waals surface area (Å²) in [5.41, 5.74) is 5.73. The van der Waals surface area contributed by atoms with Crippen molar-refractivity contribution in [2.75, 3.05) is 5.32 Å². The number of benzene rings is 3. The molecule has 1 aromatic heterocycles. The van der Waals surface area contributed by atoms with Gasteiger partial charge in [0.2, 0.25) is 5.91 Å². The summed E-state index contributed by atoms with van der Waals surface area (Å²) in [5.74, 6) is -0.0361. The van der Waals surface area contributed by atoms with Gasteiger partial charge in [-0.2, -0.15) is 5.10 Å². The van der Waals surface area contributed by atoms with Crippen LogP contribution in [0.2, 0.25) is 0 Å². The molecular formula is C24H23N3O. The second-order valence-electron chi connectivity index (χ2n) is 7.16. The Morgan fingerprint density at radius 1 is 0.929 bits per heavy atom. The second-order valence-corrected chi connectivity index (χ2v) is 7.16. The maximum atomic E-state index is 12.8. The molecule has 0 bridgehead atoms. The summed E-state index contributed by atoms with van der Waals surface area (Å²) >= 11 is 0. The fraction of sp³-hybridized carbons (Fsp3) is 0.167. The third-order valence-corrected chi connectivity index (χ3v) is 5.07. The van der Waals surface area contributed by atoms with Crippen molar-refractivity contribution in [2.24, 2.45) is 0 Å². The SMILES string of the molecule is Cc1ccc(-n2nc(C)c(NC(=O)Cc3cccc4ccccc34)c2C)cc1. The minimum atomic E-state index is -0.0361. The lowest BCUT2D eigenvalue weighted by Gasteiger charge is -2.09. The average molecular weight is 369 g/mol. The van der Waals surface area contributed by atoms with Gasteiger partial charge in [-0.25, -0.2) is 4.68 Å². The maximum Gasteiger partial charge on any atom is 0.228 e. The molecule has 0 saturated heterocycles. The van der Waals surface area contributed by atoms with E-state index >= 15 is 0 Å². The van der Waals surface area contributed by atoms with Gasteiger partial charge in [-0.1, -0.05) is 60.2 Å². The van der Waals surface area contributed by atoms with Crippen LogP contribution in [0.3, 0.4) is 0 Å². The summed E-state index contributed by atoms with van der Waals surface area (Å²) in [6.07, 6.45) is 0.329. The van der Waals surface area contributed by atoms with Gasteiger partial charge in [0.05, 0.1) is 29.2 Å². The molecule has 1 heterocycles. The normalized spacial score (nSPS) is 11.0. The van der Waals surface area contributed by atoms with Crippen molar-refractivity contribution in [1.82, 2.24) is 9.78 Å². The minimum absolute atomic E-state index is 0.0361. The van der Waals surface area contributed by atoms with Gasteiger partial charge in [-0.3, -0.25) is 4.79 Å². The number of fused-ring (bicyclic) bond motifs is 1. The van der Waals surface area contributed by atoms with Gasteiger partial charge in [0, 0.05) is 0 Å². The Morgan fingerprint density at radius 2 is 1.64 bits per heavy atom. The van der Waals surface area contributed by atoms with E-state index in [0.717, 1.165) is 39.1 Å². The van der Waals surface area contributed by atoms with Crippen molar-refractivity contribution in [3.8, 4) is 5.69 Å². The Balaban J connectivity index is 1.59. The van der Waals surface area contributed by atoms with Crippen LogP contribution in [0.4, 0.5) is 5.69 Å². The van der Waals surface area contributed by atoms with E-state index in [4.69, 9.17) is 0 Å². The average Bonchev–Trinajstić information content (AvgIpc) is 2.97. The van der Waals surface area contributed by atoms with Crippen molar-refractivity contribution >= 4 is 22.4 Å². The largest absolute Gasteiger partial charge is 0.323 e. The highest BCUT2D eigenvalue weighted by Gasteiger charge is 2.16. The highest BCUT2D eigenvalue weighted by atomic mass is 16.1. The van der Waals surface area contributed by atoms with Crippen LogP contribution in [0.25, 0.3) is 16.5 Å². The third-order valence-electron chi connectivity index (χ3n) is 5.07.